The molecule has 2 aromatic rings. The van der Waals surface area contributed by atoms with Gasteiger partial charge in [-0.25, -0.2) is 9.97 Å². The third-order valence-electron chi connectivity index (χ3n) is 4.84. The highest BCUT2D eigenvalue weighted by Crippen LogP contribution is 2.21. The van der Waals surface area contributed by atoms with Crippen molar-refractivity contribution in [3.8, 4) is 0 Å². The number of rotatable bonds is 4. The molecule has 0 bridgehead atoms. The monoisotopic (exact) mass is 322 g/mol. The maximum absolute atomic E-state index is 5.43. The Hall–Kier alpha value is -2.27. The van der Waals surface area contributed by atoms with Gasteiger partial charge in [-0.3, -0.25) is 4.98 Å². The van der Waals surface area contributed by atoms with Crippen LogP contribution in [0.5, 0.6) is 0 Å². The number of anilines is 1. The second-order valence-corrected chi connectivity index (χ2v) is 6.43. The van der Waals surface area contributed by atoms with Crippen LogP contribution in [-0.4, -0.2) is 41.3 Å². The minimum atomic E-state index is 0.369. The van der Waals surface area contributed by atoms with Crippen LogP contribution in [0.2, 0.25) is 0 Å². The van der Waals surface area contributed by atoms with Crippen molar-refractivity contribution in [2.75, 3.05) is 25.1 Å². The molecule has 0 aromatic carbocycles. The van der Waals surface area contributed by atoms with Crippen LogP contribution in [0.25, 0.3) is 6.08 Å². The van der Waals surface area contributed by atoms with Gasteiger partial charge in [0.15, 0.2) is 0 Å². The second kappa shape index (κ2) is 6.69. The summed E-state index contributed by atoms with van der Waals surface area (Å²) >= 11 is 0. The molecule has 0 unspecified atom stereocenters. The lowest BCUT2D eigenvalue weighted by molar-refractivity contribution is 0.0816. The maximum Gasteiger partial charge on any atom is 0.225 e. The van der Waals surface area contributed by atoms with Crippen LogP contribution in [0.3, 0.4) is 0 Å². The van der Waals surface area contributed by atoms with E-state index in [1.54, 1.807) is 7.11 Å². The van der Waals surface area contributed by atoms with Gasteiger partial charge in [0.25, 0.3) is 0 Å². The molecular weight excluding hydrogens is 300 g/mol. The van der Waals surface area contributed by atoms with Gasteiger partial charge in [-0.1, -0.05) is 12.2 Å². The van der Waals surface area contributed by atoms with Crippen molar-refractivity contribution in [2.45, 2.75) is 31.8 Å². The summed E-state index contributed by atoms with van der Waals surface area (Å²) in [5, 5.41) is 0. The number of aromatic nitrogens is 3. The summed E-state index contributed by atoms with van der Waals surface area (Å²) in [6.07, 6.45) is 12.3. The number of pyridine rings is 1. The van der Waals surface area contributed by atoms with Gasteiger partial charge < -0.3 is 9.64 Å². The molecule has 3 heterocycles. The standard InChI is InChI=1S/C19H22N4O/c1-24-18-6-9-23(10-7-18)19-20-8-5-16(22-19)12-17-11-14-3-2-4-15(14)13-21-17/h2,4-5,8,11,13,18H,3,6-7,9-10,12H2,1H3. The molecule has 0 saturated carbocycles. The molecule has 1 aliphatic heterocycles. The van der Waals surface area contributed by atoms with Gasteiger partial charge in [-0.2, -0.15) is 0 Å². The average molecular weight is 322 g/mol. The molecule has 2 aromatic heterocycles. The van der Waals surface area contributed by atoms with E-state index >= 15 is 0 Å². The van der Waals surface area contributed by atoms with Crippen molar-refractivity contribution < 1.29 is 4.74 Å². The van der Waals surface area contributed by atoms with Gasteiger partial charge in [0.2, 0.25) is 5.95 Å². The smallest absolute Gasteiger partial charge is 0.225 e. The summed E-state index contributed by atoms with van der Waals surface area (Å²) in [4.78, 5) is 16.0. The van der Waals surface area contributed by atoms with Crippen LogP contribution in [0.15, 0.2) is 30.6 Å². The number of piperidine rings is 1. The molecule has 5 nitrogen and oxygen atoms in total. The molecule has 1 saturated heterocycles. The van der Waals surface area contributed by atoms with E-state index in [2.05, 4.69) is 33.1 Å². The first-order chi connectivity index (χ1) is 11.8. The number of hydrogen-bond donors (Lipinski definition) is 0. The van der Waals surface area contributed by atoms with E-state index in [1.165, 1.54) is 11.1 Å². The Kier molecular flexibility index (Phi) is 4.26. The molecule has 0 N–H and O–H groups in total. The summed E-state index contributed by atoms with van der Waals surface area (Å²) in [6, 6.07) is 4.18. The van der Waals surface area contributed by atoms with Gasteiger partial charge in [-0.05, 0) is 42.5 Å². The Bertz CT molecular complexity index is 751. The normalized spacial score (nSPS) is 17.3. The van der Waals surface area contributed by atoms with Crippen LogP contribution < -0.4 is 4.90 Å². The predicted octanol–water partition coefficient (Wildman–Crippen LogP) is 2.65. The Morgan fingerprint density at radius 1 is 1.21 bits per heavy atom. The summed E-state index contributed by atoms with van der Waals surface area (Å²) < 4.78 is 5.43. The molecule has 0 atom stereocenters. The zero-order chi connectivity index (χ0) is 16.4. The maximum atomic E-state index is 5.43. The van der Waals surface area contributed by atoms with Crippen molar-refractivity contribution in [1.82, 2.24) is 15.0 Å². The summed E-state index contributed by atoms with van der Waals surface area (Å²) in [5.74, 6) is 0.824. The summed E-state index contributed by atoms with van der Waals surface area (Å²) in [6.45, 7) is 1.90. The van der Waals surface area contributed by atoms with E-state index < -0.39 is 0 Å². The highest BCUT2D eigenvalue weighted by molar-refractivity contribution is 5.59. The number of ether oxygens (including phenoxy) is 1. The Balaban J connectivity index is 1.47. The molecule has 0 spiro atoms. The molecule has 24 heavy (non-hydrogen) atoms. The van der Waals surface area contributed by atoms with E-state index in [0.717, 1.165) is 56.1 Å². The lowest BCUT2D eigenvalue weighted by Gasteiger charge is -2.31. The fourth-order valence-electron chi connectivity index (χ4n) is 3.41. The highest BCUT2D eigenvalue weighted by Gasteiger charge is 2.20. The number of allylic oxidation sites excluding steroid dienone is 1. The molecule has 2 aliphatic rings. The fraction of sp³-hybridized carbons (Fsp3) is 0.421. The molecule has 1 aliphatic carbocycles. The van der Waals surface area contributed by atoms with Crippen LogP contribution in [0.4, 0.5) is 5.95 Å². The number of fused-ring (bicyclic) bond motifs is 1. The minimum Gasteiger partial charge on any atom is -0.381 e. The zero-order valence-electron chi connectivity index (χ0n) is 14.0. The molecule has 0 amide bonds. The van der Waals surface area contributed by atoms with Gasteiger partial charge in [0.05, 0.1) is 11.8 Å². The van der Waals surface area contributed by atoms with E-state index in [-0.39, 0.29) is 0 Å². The van der Waals surface area contributed by atoms with E-state index in [1.807, 2.05) is 18.5 Å². The van der Waals surface area contributed by atoms with Crippen molar-refractivity contribution in [1.29, 1.82) is 0 Å². The SMILES string of the molecule is COC1CCN(c2nccc(Cc3cc4c(cn3)C=CC4)n2)CC1. The first-order valence-electron chi connectivity index (χ1n) is 8.56. The number of nitrogens with zero attached hydrogens (tertiary/aromatic N) is 4. The molecule has 124 valence electrons. The number of hydrogen-bond acceptors (Lipinski definition) is 5. The fourth-order valence-corrected chi connectivity index (χ4v) is 3.41. The van der Waals surface area contributed by atoms with Crippen LogP contribution >= 0.6 is 0 Å². The van der Waals surface area contributed by atoms with Gasteiger partial charge in [0, 0.05) is 44.7 Å². The molecule has 1 fully saturated rings. The molecule has 0 radical (unpaired) electrons. The topological polar surface area (TPSA) is 51.1 Å². The summed E-state index contributed by atoms with van der Waals surface area (Å²) in [5.41, 5.74) is 4.69. The quantitative estimate of drug-likeness (QED) is 0.866. The van der Waals surface area contributed by atoms with Crippen molar-refractivity contribution in [3.05, 3.63) is 53.1 Å². The third kappa shape index (κ3) is 3.17. The third-order valence-corrected chi connectivity index (χ3v) is 4.84. The van der Waals surface area contributed by atoms with Crippen molar-refractivity contribution >= 4 is 12.0 Å². The van der Waals surface area contributed by atoms with Gasteiger partial charge in [0.1, 0.15) is 0 Å². The number of methoxy groups -OCH3 is 1. The molecular formula is C19H22N4O. The lowest BCUT2D eigenvalue weighted by atomic mass is 10.1. The lowest BCUT2D eigenvalue weighted by Crippen LogP contribution is -2.37. The molecule has 4 rings (SSSR count). The van der Waals surface area contributed by atoms with E-state index in [0.29, 0.717) is 6.10 Å². The van der Waals surface area contributed by atoms with Crippen molar-refractivity contribution in [2.24, 2.45) is 0 Å². The minimum absolute atomic E-state index is 0.369. The van der Waals surface area contributed by atoms with Crippen molar-refractivity contribution in [3.63, 3.8) is 0 Å². The first kappa shape index (κ1) is 15.3. The Morgan fingerprint density at radius 2 is 2.08 bits per heavy atom. The summed E-state index contributed by atoms with van der Waals surface area (Å²) in [7, 11) is 1.79. The Labute approximate surface area is 142 Å². The Morgan fingerprint density at radius 3 is 2.92 bits per heavy atom. The van der Waals surface area contributed by atoms with E-state index in [4.69, 9.17) is 9.72 Å². The average Bonchev–Trinajstić information content (AvgIpc) is 3.10. The predicted molar refractivity (Wildman–Crippen MR) is 94.1 cm³/mol. The van der Waals surface area contributed by atoms with Gasteiger partial charge >= 0.3 is 0 Å². The van der Waals surface area contributed by atoms with Gasteiger partial charge in [-0.15, -0.1) is 0 Å². The second-order valence-electron chi connectivity index (χ2n) is 6.43. The zero-order valence-corrected chi connectivity index (χ0v) is 14.0. The van der Waals surface area contributed by atoms with Crippen LogP contribution in [0, 0.1) is 0 Å². The molecule has 5 heteroatoms. The first-order valence-corrected chi connectivity index (χ1v) is 8.56. The van der Waals surface area contributed by atoms with E-state index in [9.17, 15) is 0 Å². The van der Waals surface area contributed by atoms with Crippen LogP contribution in [0.1, 0.15) is 35.4 Å². The largest absolute Gasteiger partial charge is 0.381 e. The highest BCUT2D eigenvalue weighted by atomic mass is 16.5. The van der Waals surface area contributed by atoms with Crippen LogP contribution in [-0.2, 0) is 17.6 Å².